The Hall–Kier alpha value is -3.82. The Morgan fingerprint density at radius 2 is 1.17 bits per heavy atom. The standard InChI is InChI=1S/C10H11NO4.C9H9NO4/c1-13-10(12)6-4-8-9(5-7(6)11)15-3-2-14-8;10-6-4-8-7(13-1-2-14-8)3-5(6)9(11)12/h4-5H,2-3,11H2,1H3;3-4H,1-2,10H2,(H,11,12). The van der Waals surface area contributed by atoms with E-state index in [1.165, 1.54) is 25.3 Å². The van der Waals surface area contributed by atoms with Crippen LogP contribution in [0, 0.1) is 0 Å². The molecule has 0 fully saturated rings. The van der Waals surface area contributed by atoms with Crippen LogP contribution in [0.15, 0.2) is 24.3 Å². The molecule has 5 N–H and O–H groups in total. The Labute approximate surface area is 165 Å². The molecule has 0 aliphatic carbocycles. The van der Waals surface area contributed by atoms with Gasteiger partial charge in [-0.3, -0.25) is 0 Å². The number of nitrogen functional groups attached to an aromatic ring is 2. The molecule has 0 spiro atoms. The first-order valence-electron chi connectivity index (χ1n) is 8.60. The number of carbonyl (C=O) groups excluding carboxylic acids is 1. The number of fused-ring (bicyclic) bond motifs is 2. The fourth-order valence-electron chi connectivity index (χ4n) is 2.68. The summed E-state index contributed by atoms with van der Waals surface area (Å²) in [5.74, 6) is 0.466. The van der Waals surface area contributed by atoms with E-state index in [4.69, 9.17) is 35.5 Å². The predicted octanol–water partition coefficient (Wildman–Crippen LogP) is 1.56. The van der Waals surface area contributed by atoms with Gasteiger partial charge in [0.1, 0.15) is 26.4 Å². The van der Waals surface area contributed by atoms with E-state index in [2.05, 4.69) is 4.74 Å². The number of esters is 1. The van der Waals surface area contributed by atoms with Crippen LogP contribution in [0.3, 0.4) is 0 Å². The minimum Gasteiger partial charge on any atom is -0.486 e. The first kappa shape index (κ1) is 19.9. The Kier molecular flexibility index (Phi) is 5.82. The summed E-state index contributed by atoms with van der Waals surface area (Å²) in [4.78, 5) is 22.1. The molecule has 2 aliphatic heterocycles. The molecule has 29 heavy (non-hydrogen) atoms. The number of ether oxygens (including phenoxy) is 5. The minimum atomic E-state index is -1.07. The highest BCUT2D eigenvalue weighted by molar-refractivity contribution is 5.96. The van der Waals surface area contributed by atoms with Gasteiger partial charge in [0.05, 0.1) is 29.6 Å². The first-order chi connectivity index (χ1) is 13.9. The fourth-order valence-corrected chi connectivity index (χ4v) is 2.68. The smallest absolute Gasteiger partial charge is 0.340 e. The van der Waals surface area contributed by atoms with E-state index in [1.54, 1.807) is 6.07 Å². The molecule has 0 atom stereocenters. The lowest BCUT2D eigenvalue weighted by Crippen LogP contribution is -2.17. The normalized spacial score (nSPS) is 13.6. The molecule has 2 aromatic carbocycles. The van der Waals surface area contributed by atoms with Crippen molar-refractivity contribution in [1.29, 1.82) is 0 Å². The zero-order chi connectivity index (χ0) is 21.0. The summed E-state index contributed by atoms with van der Waals surface area (Å²) in [6.45, 7) is 1.84. The largest absolute Gasteiger partial charge is 0.486 e. The molecule has 154 valence electrons. The Morgan fingerprint density at radius 3 is 1.59 bits per heavy atom. The van der Waals surface area contributed by atoms with E-state index in [0.29, 0.717) is 60.7 Å². The van der Waals surface area contributed by atoms with Crippen LogP contribution in [0.2, 0.25) is 0 Å². The van der Waals surface area contributed by atoms with E-state index < -0.39 is 11.9 Å². The van der Waals surface area contributed by atoms with Gasteiger partial charge in [0, 0.05) is 24.3 Å². The van der Waals surface area contributed by atoms with Crippen LogP contribution in [0.4, 0.5) is 11.4 Å². The van der Waals surface area contributed by atoms with Gasteiger partial charge in [0.2, 0.25) is 0 Å². The highest BCUT2D eigenvalue weighted by atomic mass is 16.6. The summed E-state index contributed by atoms with van der Waals surface area (Å²) in [6, 6.07) is 5.96. The van der Waals surface area contributed by atoms with Gasteiger partial charge in [-0.05, 0) is 0 Å². The zero-order valence-corrected chi connectivity index (χ0v) is 15.6. The van der Waals surface area contributed by atoms with Crippen molar-refractivity contribution in [1.82, 2.24) is 0 Å². The van der Waals surface area contributed by atoms with E-state index in [0.717, 1.165) is 0 Å². The first-order valence-corrected chi connectivity index (χ1v) is 8.60. The van der Waals surface area contributed by atoms with Gasteiger partial charge in [-0.1, -0.05) is 0 Å². The second-order valence-electron chi connectivity index (χ2n) is 5.96. The average Bonchev–Trinajstić information content (AvgIpc) is 2.72. The Morgan fingerprint density at radius 1 is 0.793 bits per heavy atom. The SMILES string of the molecule is COC(=O)c1cc2c(cc1N)OCCO2.Nc1cc2c(cc1C(=O)O)OCCO2. The molecule has 0 radical (unpaired) electrons. The molecule has 0 saturated carbocycles. The van der Waals surface area contributed by atoms with Crippen LogP contribution in [0.5, 0.6) is 23.0 Å². The molecule has 4 rings (SSSR count). The number of benzene rings is 2. The van der Waals surface area contributed by atoms with Crippen LogP contribution in [-0.2, 0) is 4.74 Å². The third kappa shape index (κ3) is 4.37. The Balaban J connectivity index is 0.000000166. The van der Waals surface area contributed by atoms with Crippen molar-refractivity contribution in [2.24, 2.45) is 0 Å². The van der Waals surface area contributed by atoms with Gasteiger partial charge in [0.25, 0.3) is 0 Å². The molecule has 0 bridgehead atoms. The van der Waals surface area contributed by atoms with Crippen LogP contribution < -0.4 is 30.4 Å². The lowest BCUT2D eigenvalue weighted by atomic mass is 10.1. The van der Waals surface area contributed by atoms with Crippen LogP contribution >= 0.6 is 0 Å². The third-order valence-electron chi connectivity index (χ3n) is 4.06. The Bertz CT molecular complexity index is 944. The predicted molar refractivity (Wildman–Crippen MR) is 102 cm³/mol. The van der Waals surface area contributed by atoms with Crippen molar-refractivity contribution < 1.29 is 38.4 Å². The number of carboxylic acid groups (broad SMARTS) is 1. The van der Waals surface area contributed by atoms with Crippen molar-refractivity contribution in [2.45, 2.75) is 0 Å². The van der Waals surface area contributed by atoms with Gasteiger partial charge < -0.3 is 40.3 Å². The average molecular weight is 404 g/mol. The van der Waals surface area contributed by atoms with Crippen molar-refractivity contribution in [3.05, 3.63) is 35.4 Å². The number of aromatic carboxylic acids is 1. The number of anilines is 2. The maximum Gasteiger partial charge on any atom is 0.340 e. The molecular weight excluding hydrogens is 384 g/mol. The fraction of sp³-hybridized carbons (Fsp3) is 0.263. The quantitative estimate of drug-likeness (QED) is 0.496. The van der Waals surface area contributed by atoms with Crippen molar-refractivity contribution >= 4 is 23.3 Å². The van der Waals surface area contributed by atoms with Crippen LogP contribution in [0.1, 0.15) is 20.7 Å². The number of methoxy groups -OCH3 is 1. The van der Waals surface area contributed by atoms with E-state index in [9.17, 15) is 9.59 Å². The summed E-state index contributed by atoms with van der Waals surface area (Å²) in [6.07, 6.45) is 0. The van der Waals surface area contributed by atoms with E-state index in [-0.39, 0.29) is 11.3 Å². The molecule has 2 heterocycles. The van der Waals surface area contributed by atoms with Gasteiger partial charge in [-0.25, -0.2) is 9.59 Å². The second-order valence-corrected chi connectivity index (χ2v) is 5.96. The number of rotatable bonds is 2. The molecule has 0 saturated heterocycles. The summed E-state index contributed by atoms with van der Waals surface area (Å²) < 4.78 is 25.7. The van der Waals surface area contributed by atoms with E-state index in [1.807, 2.05) is 0 Å². The maximum atomic E-state index is 11.3. The van der Waals surface area contributed by atoms with E-state index >= 15 is 0 Å². The number of nitrogens with two attached hydrogens (primary N) is 2. The summed E-state index contributed by atoms with van der Waals surface area (Å²) >= 11 is 0. The molecular formula is C19H20N2O8. The summed E-state index contributed by atoms with van der Waals surface area (Å²) in [7, 11) is 1.30. The van der Waals surface area contributed by atoms with Crippen molar-refractivity contribution in [3.63, 3.8) is 0 Å². The van der Waals surface area contributed by atoms with Crippen LogP contribution in [-0.4, -0.2) is 50.6 Å². The summed E-state index contributed by atoms with van der Waals surface area (Å²) in [5.41, 5.74) is 12.1. The van der Waals surface area contributed by atoms with Crippen molar-refractivity contribution in [3.8, 4) is 23.0 Å². The highest BCUT2D eigenvalue weighted by Gasteiger charge is 2.19. The lowest BCUT2D eigenvalue weighted by Gasteiger charge is -2.19. The third-order valence-corrected chi connectivity index (χ3v) is 4.06. The monoisotopic (exact) mass is 404 g/mol. The molecule has 0 aromatic heterocycles. The number of carbonyl (C=O) groups is 2. The zero-order valence-electron chi connectivity index (χ0n) is 15.6. The second kappa shape index (κ2) is 8.46. The molecule has 0 unspecified atom stereocenters. The molecule has 10 nitrogen and oxygen atoms in total. The number of hydrogen-bond acceptors (Lipinski definition) is 9. The van der Waals surface area contributed by atoms with Gasteiger partial charge in [0.15, 0.2) is 23.0 Å². The molecule has 0 amide bonds. The lowest BCUT2D eigenvalue weighted by molar-refractivity contribution is 0.0600. The van der Waals surface area contributed by atoms with Crippen molar-refractivity contribution in [2.75, 3.05) is 45.0 Å². The summed E-state index contributed by atoms with van der Waals surface area (Å²) in [5, 5.41) is 8.79. The number of carboxylic acids is 1. The molecule has 2 aromatic rings. The van der Waals surface area contributed by atoms with Gasteiger partial charge in [-0.2, -0.15) is 0 Å². The topological polar surface area (TPSA) is 153 Å². The minimum absolute atomic E-state index is 0.0363. The van der Waals surface area contributed by atoms with Crippen LogP contribution in [0.25, 0.3) is 0 Å². The molecule has 10 heteroatoms. The maximum absolute atomic E-state index is 11.3. The number of hydrogen-bond donors (Lipinski definition) is 3. The molecule has 2 aliphatic rings. The van der Waals surface area contributed by atoms with Gasteiger partial charge in [-0.15, -0.1) is 0 Å². The van der Waals surface area contributed by atoms with Gasteiger partial charge >= 0.3 is 11.9 Å². The highest BCUT2D eigenvalue weighted by Crippen LogP contribution is 2.35.